The molecule has 1 aromatic rings. The van der Waals surface area contributed by atoms with Crippen LogP contribution in [-0.2, 0) is 24.8 Å². The van der Waals surface area contributed by atoms with Gasteiger partial charge in [-0.2, -0.15) is 11.8 Å². The van der Waals surface area contributed by atoms with Gasteiger partial charge in [0.2, 0.25) is 20.0 Å². The lowest BCUT2D eigenvalue weighted by Crippen LogP contribution is -2.44. The minimum absolute atomic E-state index is 0.118. The van der Waals surface area contributed by atoms with Crippen LogP contribution < -0.4 is 9.03 Å². The molecule has 2 aliphatic rings. The van der Waals surface area contributed by atoms with Gasteiger partial charge in [0.15, 0.2) is 0 Å². The summed E-state index contributed by atoms with van der Waals surface area (Å²) in [7, 11) is -5.38. The molecule has 10 heteroatoms. The molecule has 3 rings (SSSR count). The van der Waals surface area contributed by atoms with Crippen molar-refractivity contribution in [3.63, 3.8) is 0 Å². The Balaban J connectivity index is 1.73. The van der Waals surface area contributed by atoms with Crippen molar-refractivity contribution in [1.29, 1.82) is 0 Å². The fourth-order valence-electron chi connectivity index (χ4n) is 3.14. The number of thioether (sulfide) groups is 1. The maximum atomic E-state index is 12.6. The van der Waals surface area contributed by atoms with E-state index in [0.29, 0.717) is 18.7 Å². The fourth-order valence-corrected chi connectivity index (χ4v) is 7.29. The molecule has 1 N–H and O–H groups in total. The smallest absolute Gasteiger partial charge is 0.240 e. The number of anilines is 1. The van der Waals surface area contributed by atoms with Crippen LogP contribution in [0, 0.1) is 0 Å². The van der Waals surface area contributed by atoms with Crippen LogP contribution in [0.2, 0.25) is 0 Å². The molecule has 2 aliphatic heterocycles. The zero-order valence-electron chi connectivity index (χ0n) is 14.7. The van der Waals surface area contributed by atoms with Gasteiger partial charge in [0.05, 0.1) is 21.9 Å². The van der Waals surface area contributed by atoms with E-state index in [9.17, 15) is 16.8 Å². The van der Waals surface area contributed by atoms with Gasteiger partial charge in [-0.1, -0.05) is 0 Å². The van der Waals surface area contributed by atoms with Gasteiger partial charge >= 0.3 is 0 Å². The van der Waals surface area contributed by atoms with Crippen LogP contribution in [0.1, 0.15) is 19.3 Å². The van der Waals surface area contributed by atoms with Crippen molar-refractivity contribution < 1.29 is 21.6 Å². The van der Waals surface area contributed by atoms with Gasteiger partial charge in [0.25, 0.3) is 0 Å². The SMILES string of the molecule is CO[C@]1(CNS(=O)(=O)c2ccc(N3CCCCS3(=O)=O)cc2)CCSC1. The number of ether oxygens (including phenoxy) is 1. The van der Waals surface area contributed by atoms with Gasteiger partial charge in [-0.15, -0.1) is 0 Å². The third kappa shape index (κ3) is 4.19. The van der Waals surface area contributed by atoms with E-state index in [0.717, 1.165) is 24.3 Å². The van der Waals surface area contributed by atoms with Crippen LogP contribution in [0.3, 0.4) is 0 Å². The molecule has 0 unspecified atom stereocenters. The summed E-state index contributed by atoms with van der Waals surface area (Å²) in [5.74, 6) is 1.85. The second-order valence-electron chi connectivity index (χ2n) is 6.60. The monoisotopic (exact) mass is 420 g/mol. The summed E-state index contributed by atoms with van der Waals surface area (Å²) >= 11 is 1.75. The van der Waals surface area contributed by atoms with E-state index < -0.39 is 25.6 Å². The molecule has 2 heterocycles. The second kappa shape index (κ2) is 7.67. The molecule has 0 amide bonds. The molecule has 26 heavy (non-hydrogen) atoms. The number of rotatable bonds is 6. The Morgan fingerprint density at radius 3 is 2.58 bits per heavy atom. The molecule has 1 aromatic carbocycles. The summed E-state index contributed by atoms with van der Waals surface area (Å²) in [6, 6.07) is 6.00. The van der Waals surface area contributed by atoms with Crippen molar-refractivity contribution >= 4 is 37.5 Å². The van der Waals surface area contributed by atoms with Gasteiger partial charge in [0.1, 0.15) is 0 Å². The number of nitrogens with one attached hydrogen (secondary N) is 1. The van der Waals surface area contributed by atoms with Crippen molar-refractivity contribution in [2.24, 2.45) is 0 Å². The number of sulfonamides is 2. The zero-order valence-corrected chi connectivity index (χ0v) is 17.1. The van der Waals surface area contributed by atoms with E-state index in [1.807, 2.05) is 0 Å². The number of nitrogens with zero attached hydrogens (tertiary/aromatic N) is 1. The van der Waals surface area contributed by atoms with Gasteiger partial charge in [0, 0.05) is 26.0 Å². The van der Waals surface area contributed by atoms with Crippen molar-refractivity contribution in [2.75, 3.05) is 41.8 Å². The lowest BCUT2D eigenvalue weighted by atomic mass is 10.0. The molecule has 2 saturated heterocycles. The molecule has 146 valence electrons. The van der Waals surface area contributed by atoms with E-state index in [1.54, 1.807) is 31.0 Å². The maximum absolute atomic E-state index is 12.6. The summed E-state index contributed by atoms with van der Waals surface area (Å²) in [4.78, 5) is 0.118. The summed E-state index contributed by atoms with van der Waals surface area (Å²) in [5, 5.41) is 0. The second-order valence-corrected chi connectivity index (χ2v) is 11.5. The first-order valence-corrected chi connectivity index (χ1v) is 12.8. The number of methoxy groups -OCH3 is 1. The molecule has 0 aromatic heterocycles. The van der Waals surface area contributed by atoms with Gasteiger partial charge < -0.3 is 4.74 Å². The number of hydrogen-bond donors (Lipinski definition) is 1. The Morgan fingerprint density at radius 2 is 2.00 bits per heavy atom. The van der Waals surface area contributed by atoms with E-state index in [4.69, 9.17) is 4.74 Å². The van der Waals surface area contributed by atoms with Gasteiger partial charge in [-0.3, -0.25) is 4.31 Å². The van der Waals surface area contributed by atoms with Crippen molar-refractivity contribution in [2.45, 2.75) is 29.8 Å². The van der Waals surface area contributed by atoms with E-state index in [-0.39, 0.29) is 17.2 Å². The third-order valence-corrected chi connectivity index (χ3v) is 9.38. The molecule has 0 aliphatic carbocycles. The topological polar surface area (TPSA) is 92.8 Å². The standard InChI is InChI=1S/C16H24N2O5S3/c1-23-16(8-10-24-13-16)12-17-26(21,22)15-6-4-14(5-7-15)18-9-2-3-11-25(18,19)20/h4-7,17H,2-3,8-13H2,1H3/t16-/m0/s1. The highest BCUT2D eigenvalue weighted by Crippen LogP contribution is 2.31. The average molecular weight is 421 g/mol. The van der Waals surface area contributed by atoms with Crippen molar-refractivity contribution in [3.8, 4) is 0 Å². The average Bonchev–Trinajstić information content (AvgIpc) is 3.10. The Bertz CT molecular complexity index is 831. The largest absolute Gasteiger partial charge is 0.376 e. The molecule has 0 radical (unpaired) electrons. The highest BCUT2D eigenvalue weighted by Gasteiger charge is 2.35. The number of benzene rings is 1. The summed E-state index contributed by atoms with van der Waals surface area (Å²) in [6.07, 6.45) is 2.27. The zero-order chi connectivity index (χ0) is 18.8. The highest BCUT2D eigenvalue weighted by atomic mass is 32.2. The minimum atomic E-state index is -3.68. The Morgan fingerprint density at radius 1 is 1.27 bits per heavy atom. The fraction of sp³-hybridized carbons (Fsp3) is 0.625. The van der Waals surface area contributed by atoms with E-state index in [2.05, 4.69) is 4.72 Å². The Labute approximate surface area is 159 Å². The molecule has 0 bridgehead atoms. The van der Waals surface area contributed by atoms with Crippen LogP contribution in [0.5, 0.6) is 0 Å². The van der Waals surface area contributed by atoms with Crippen LogP contribution in [-0.4, -0.2) is 59.9 Å². The molecular weight excluding hydrogens is 396 g/mol. The van der Waals surface area contributed by atoms with Gasteiger partial charge in [-0.05, 0) is 49.3 Å². The third-order valence-electron chi connectivity index (χ3n) is 4.87. The summed E-state index contributed by atoms with van der Waals surface area (Å²) in [6.45, 7) is 0.655. The van der Waals surface area contributed by atoms with E-state index in [1.165, 1.54) is 16.4 Å². The highest BCUT2D eigenvalue weighted by molar-refractivity contribution is 7.99. The summed E-state index contributed by atoms with van der Waals surface area (Å²) in [5.41, 5.74) is 0.0451. The quantitative estimate of drug-likeness (QED) is 0.748. The van der Waals surface area contributed by atoms with Crippen molar-refractivity contribution in [1.82, 2.24) is 4.72 Å². The van der Waals surface area contributed by atoms with Crippen molar-refractivity contribution in [3.05, 3.63) is 24.3 Å². The molecule has 0 spiro atoms. The normalized spacial score (nSPS) is 26.1. The minimum Gasteiger partial charge on any atom is -0.376 e. The van der Waals surface area contributed by atoms with Crippen LogP contribution in [0.15, 0.2) is 29.2 Å². The Hall–Kier alpha value is -0.810. The lowest BCUT2D eigenvalue weighted by molar-refractivity contribution is 0.0179. The van der Waals surface area contributed by atoms with Crippen LogP contribution in [0.4, 0.5) is 5.69 Å². The molecule has 2 fully saturated rings. The van der Waals surface area contributed by atoms with Gasteiger partial charge in [-0.25, -0.2) is 21.6 Å². The van der Waals surface area contributed by atoms with E-state index >= 15 is 0 Å². The predicted molar refractivity (Wildman–Crippen MR) is 104 cm³/mol. The first-order valence-electron chi connectivity index (χ1n) is 8.51. The van der Waals surface area contributed by atoms with Crippen LogP contribution >= 0.6 is 11.8 Å². The van der Waals surface area contributed by atoms with Crippen LogP contribution in [0.25, 0.3) is 0 Å². The summed E-state index contributed by atoms with van der Waals surface area (Å²) < 4.78 is 58.9. The first-order chi connectivity index (χ1) is 12.3. The molecule has 7 nitrogen and oxygen atoms in total. The molecular formula is C16H24N2O5S3. The Kier molecular flexibility index (Phi) is 5.88. The molecule has 1 atom stereocenters. The predicted octanol–water partition coefficient (Wildman–Crippen LogP) is 1.42. The molecule has 0 saturated carbocycles. The number of hydrogen-bond acceptors (Lipinski definition) is 6. The first kappa shape index (κ1) is 19.9. The maximum Gasteiger partial charge on any atom is 0.240 e. The lowest BCUT2D eigenvalue weighted by Gasteiger charge is -2.28.